The third-order valence-corrected chi connectivity index (χ3v) is 14.8. The predicted octanol–water partition coefficient (Wildman–Crippen LogP) is 16.1. The van der Waals surface area contributed by atoms with Gasteiger partial charge < -0.3 is 22.1 Å². The third-order valence-electron chi connectivity index (χ3n) is 13.7. The van der Waals surface area contributed by atoms with Gasteiger partial charge in [-0.1, -0.05) is 67.3 Å². The Hall–Kier alpha value is -8.38. The third kappa shape index (κ3) is 16.0. The predicted molar refractivity (Wildman–Crippen MR) is 336 cm³/mol. The second-order valence-electron chi connectivity index (χ2n) is 19.1. The number of nitrogens with zero attached hydrogens (tertiary/aromatic N) is 12. The van der Waals surface area contributed by atoms with Gasteiger partial charge in [0.1, 0.15) is 0 Å². The normalized spacial score (nSPS) is 10.3. The van der Waals surface area contributed by atoms with Crippen LogP contribution < -0.4 is 0 Å². The Kier molecular flexibility index (Phi) is 26.0. The summed E-state index contributed by atoms with van der Waals surface area (Å²) in [5.74, 6) is 0. The van der Waals surface area contributed by atoms with Gasteiger partial charge in [-0.05, 0) is 94.8 Å². The van der Waals surface area contributed by atoms with E-state index in [4.69, 9.17) is 22.1 Å². The number of aromatic nitrogens is 12. The molecule has 19 rings (SSSR count). The molecule has 12 aromatic heterocycles. The van der Waals surface area contributed by atoms with E-state index in [9.17, 15) is 0 Å². The zero-order valence-electron chi connectivity index (χ0n) is 48.2. The van der Waals surface area contributed by atoms with Crippen molar-refractivity contribution in [2.45, 2.75) is 0 Å². The molecule has 12 heterocycles. The van der Waals surface area contributed by atoms with Crippen LogP contribution in [0.4, 0.5) is 0 Å². The van der Waals surface area contributed by atoms with E-state index in [2.05, 4.69) is 103 Å². The molecular formula is C70H44Ir6N12O5S-6. The van der Waals surface area contributed by atoms with E-state index < -0.39 is 0 Å². The number of thiophene rings is 1. The van der Waals surface area contributed by atoms with E-state index in [0.717, 1.165) is 89.0 Å². The molecule has 0 bridgehead atoms. The molecule has 0 atom stereocenters. The van der Waals surface area contributed by atoms with E-state index >= 15 is 0 Å². The summed E-state index contributed by atoms with van der Waals surface area (Å²) >= 11 is 1.78. The first-order chi connectivity index (χ1) is 43.6. The SMILES string of the molecule is [Ir].[Ir].[Ir].[Ir].[Ir].[Ir].[c-]1c(-n2cccn2)ccc2c1sc1ccccc12.[c-]1cc2occc2cc1-n1cccn1.[c-]1ccc2ccoc2c1-n1cccn1.[c-]1ccc2ccoc2c1-n1cccn1.[c-]1ccc2occc2c1-n1cccn1.[c-]1ccc2occc2c1-n1cccn1. The van der Waals surface area contributed by atoms with Crippen LogP contribution in [0.1, 0.15) is 0 Å². The van der Waals surface area contributed by atoms with Gasteiger partial charge >= 0.3 is 0 Å². The average Bonchev–Trinajstić information content (AvgIpc) is 1.65. The largest absolute Gasteiger partial charge is 0.523 e. The molecule has 94 heavy (non-hydrogen) atoms. The first-order valence-electron chi connectivity index (χ1n) is 27.4. The maximum absolute atomic E-state index is 5.38. The Morgan fingerprint density at radius 1 is 0.319 bits per heavy atom. The van der Waals surface area contributed by atoms with Crippen LogP contribution in [0, 0.1) is 36.4 Å². The van der Waals surface area contributed by atoms with Crippen LogP contribution in [0.15, 0.2) is 292 Å². The van der Waals surface area contributed by atoms with Crippen molar-refractivity contribution in [3.63, 3.8) is 0 Å². The van der Waals surface area contributed by atoms with E-state index in [1.807, 2.05) is 169 Å². The van der Waals surface area contributed by atoms with Gasteiger partial charge in [0.2, 0.25) is 0 Å². The zero-order valence-corrected chi connectivity index (χ0v) is 63.4. The first kappa shape index (κ1) is 71.5. The van der Waals surface area contributed by atoms with Crippen LogP contribution in [0.2, 0.25) is 0 Å². The van der Waals surface area contributed by atoms with E-state index in [0.29, 0.717) is 0 Å². The first-order valence-corrected chi connectivity index (χ1v) is 28.2. The molecule has 0 spiro atoms. The average molecular weight is 2320 g/mol. The summed E-state index contributed by atoms with van der Waals surface area (Å²) < 4.78 is 39.7. The van der Waals surface area contributed by atoms with Gasteiger partial charge in [-0.15, -0.1) is 41.8 Å². The van der Waals surface area contributed by atoms with Gasteiger partial charge in [0.25, 0.3) is 0 Å². The van der Waals surface area contributed by atoms with Crippen molar-refractivity contribution in [1.29, 1.82) is 0 Å². The van der Waals surface area contributed by atoms with Crippen LogP contribution >= 0.6 is 11.3 Å². The monoisotopic (exact) mass is 2320 g/mol. The Morgan fingerprint density at radius 3 is 1.23 bits per heavy atom. The van der Waals surface area contributed by atoms with Crippen LogP contribution in [-0.2, 0) is 121 Å². The van der Waals surface area contributed by atoms with Crippen molar-refractivity contribution in [3.05, 3.63) is 306 Å². The summed E-state index contributed by atoms with van der Waals surface area (Å²) in [6.07, 6.45) is 30.2. The topological polar surface area (TPSA) is 173 Å². The van der Waals surface area contributed by atoms with E-state index in [1.54, 1.807) is 103 Å². The van der Waals surface area contributed by atoms with Crippen molar-refractivity contribution in [2.24, 2.45) is 0 Å². The molecule has 7 aromatic carbocycles. The smallest absolute Gasteiger partial charge is 0.0765 e. The summed E-state index contributed by atoms with van der Waals surface area (Å²) in [5, 5.41) is 32.8. The fraction of sp³-hybridized carbons (Fsp3) is 0. The van der Waals surface area contributed by atoms with Crippen molar-refractivity contribution >= 4 is 86.4 Å². The van der Waals surface area contributed by atoms with Crippen LogP contribution in [0.3, 0.4) is 0 Å². The molecule has 24 heteroatoms. The Bertz CT molecular complexity index is 4910. The summed E-state index contributed by atoms with van der Waals surface area (Å²) in [4.78, 5) is 0. The molecule has 17 nitrogen and oxygen atoms in total. The second kappa shape index (κ2) is 34.2. The van der Waals surface area contributed by atoms with Crippen LogP contribution in [-0.4, -0.2) is 58.7 Å². The molecule has 0 unspecified atom stereocenters. The second-order valence-corrected chi connectivity index (χ2v) is 20.1. The summed E-state index contributed by atoms with van der Waals surface area (Å²) in [7, 11) is 0. The van der Waals surface area contributed by atoms with Crippen molar-refractivity contribution in [1.82, 2.24) is 58.7 Å². The molecule has 0 saturated heterocycles. The maximum Gasteiger partial charge on any atom is 0.0765 e. The van der Waals surface area contributed by atoms with Gasteiger partial charge in [0, 0.05) is 228 Å². The Morgan fingerprint density at radius 2 is 0.734 bits per heavy atom. The van der Waals surface area contributed by atoms with Crippen molar-refractivity contribution in [3.8, 4) is 34.1 Å². The van der Waals surface area contributed by atoms with Crippen molar-refractivity contribution in [2.75, 3.05) is 0 Å². The minimum atomic E-state index is 0. The molecule has 0 aliphatic rings. The Labute approximate surface area is 621 Å². The standard InChI is InChI=1S/C15H9N2S.5C11H7N2O.6Ir/c1-2-5-14-12(4-1)13-7-6-11(10-15(13)18-14)17-9-3-8-16-17;1-5-12-13(6-1)10-2-3-11-9(8-10)4-7-14-11;2*1-3-10(13-7-2-6-12-13)9-5-8-14-11(9)4-1;2*1-3-9-5-8-14-11(9)10(4-1)13-7-2-6-12-13;;;;;;/h1-9H;1,3-8H;2*1-2,4-8H;2*1-3,5-8H;;;;;;/q6*-1;;;;;;. The molecular weight excluding hydrogens is 2270 g/mol. The zero-order chi connectivity index (χ0) is 58.9. The number of hydrogen-bond donors (Lipinski definition) is 0. The summed E-state index contributed by atoms with van der Waals surface area (Å²) in [5.41, 5.74) is 9.62. The number of benzene rings is 7. The molecule has 0 aliphatic heterocycles. The Balaban J connectivity index is 0.000000143. The summed E-state index contributed by atoms with van der Waals surface area (Å²) in [6, 6.07) is 71.6. The van der Waals surface area contributed by atoms with E-state index in [1.165, 1.54) is 20.2 Å². The van der Waals surface area contributed by atoms with Crippen LogP contribution in [0.25, 0.3) is 109 Å². The minimum absolute atomic E-state index is 0. The number of rotatable bonds is 6. The minimum Gasteiger partial charge on any atom is -0.523 e. The number of furan rings is 5. The molecule has 0 saturated carbocycles. The molecule has 19 aromatic rings. The molecule has 480 valence electrons. The number of hydrogen-bond acceptors (Lipinski definition) is 12. The van der Waals surface area contributed by atoms with Gasteiger partial charge in [-0.3, -0.25) is 28.1 Å². The quantitative estimate of drug-likeness (QED) is 0.145. The molecule has 0 fully saturated rings. The fourth-order valence-electron chi connectivity index (χ4n) is 9.63. The molecule has 0 amide bonds. The van der Waals surface area contributed by atoms with Crippen LogP contribution in [0.5, 0.6) is 0 Å². The fourth-order valence-corrected chi connectivity index (χ4v) is 10.7. The number of fused-ring (bicyclic) bond motifs is 8. The summed E-state index contributed by atoms with van der Waals surface area (Å²) in [6.45, 7) is 0. The maximum atomic E-state index is 5.38. The van der Waals surface area contributed by atoms with Gasteiger partial charge in [-0.25, -0.2) is 0 Å². The molecule has 6 radical (unpaired) electrons. The van der Waals surface area contributed by atoms with Gasteiger partial charge in [0.15, 0.2) is 0 Å². The molecule has 0 aliphatic carbocycles. The van der Waals surface area contributed by atoms with E-state index in [-0.39, 0.29) is 121 Å². The van der Waals surface area contributed by atoms with Crippen molar-refractivity contribution < 1.29 is 143 Å². The van der Waals surface area contributed by atoms with Gasteiger partial charge in [0.05, 0.1) is 31.3 Å². The van der Waals surface area contributed by atoms with Gasteiger partial charge in [-0.2, -0.15) is 115 Å². The molecule has 0 N–H and O–H groups in total.